The molecule has 1 rings (SSSR count). The van der Waals surface area contributed by atoms with E-state index in [2.05, 4.69) is 15.3 Å². The van der Waals surface area contributed by atoms with Crippen molar-refractivity contribution in [2.75, 3.05) is 5.32 Å². The van der Waals surface area contributed by atoms with E-state index >= 15 is 0 Å². The van der Waals surface area contributed by atoms with Crippen LogP contribution in [0.5, 0.6) is 0 Å². The Hall–Kier alpha value is -2.02. The molecule has 0 aliphatic carbocycles. The van der Waals surface area contributed by atoms with Crippen molar-refractivity contribution in [2.45, 2.75) is 32.7 Å². The second-order valence-electron chi connectivity index (χ2n) is 4.00. The maximum absolute atomic E-state index is 11.6. The van der Waals surface area contributed by atoms with Gasteiger partial charge < -0.3 is 10.8 Å². The molecule has 0 aliphatic heterocycles. The number of carboxylic acid groups (broad SMARTS) is 1. The third-order valence-corrected chi connectivity index (χ3v) is 2.22. The molecule has 4 N–H and O–H groups in total. The summed E-state index contributed by atoms with van der Waals surface area (Å²) in [6, 6.07) is 0.894. The van der Waals surface area contributed by atoms with Gasteiger partial charge in [-0.15, -0.1) is 0 Å². The van der Waals surface area contributed by atoms with Crippen molar-refractivity contribution in [1.29, 1.82) is 0 Å². The smallest absolute Gasteiger partial charge is 0.303 e. The molecule has 1 heterocycles. The Balaban J connectivity index is 2.60. The third kappa shape index (κ3) is 4.46. The predicted molar refractivity (Wildman–Crippen MR) is 65.0 cm³/mol. The van der Waals surface area contributed by atoms with Gasteiger partial charge in [0.25, 0.3) is 0 Å². The average Bonchev–Trinajstić information content (AvgIpc) is 2.24. The number of hydrogen-bond acceptors (Lipinski definition) is 5. The summed E-state index contributed by atoms with van der Waals surface area (Å²) in [5.41, 5.74) is 7.03. The minimum absolute atomic E-state index is 0.0754. The van der Waals surface area contributed by atoms with Gasteiger partial charge in [0.1, 0.15) is 0 Å². The lowest BCUT2D eigenvalue weighted by atomic mass is 10.1. The summed E-state index contributed by atoms with van der Waals surface area (Å²) in [4.78, 5) is 30.1. The molecule has 1 unspecified atom stereocenters. The van der Waals surface area contributed by atoms with Crippen molar-refractivity contribution in [3.05, 3.63) is 17.5 Å². The van der Waals surface area contributed by atoms with Gasteiger partial charge in [0.05, 0.1) is 6.04 Å². The van der Waals surface area contributed by atoms with Crippen LogP contribution in [0.15, 0.2) is 6.07 Å². The topological polar surface area (TPSA) is 118 Å². The number of aliphatic carboxylic acids is 1. The first kappa shape index (κ1) is 14.0. The molecule has 0 spiro atoms. The van der Waals surface area contributed by atoms with E-state index in [4.69, 9.17) is 10.8 Å². The normalized spacial score (nSPS) is 11.9. The minimum atomic E-state index is -0.985. The first-order chi connectivity index (χ1) is 8.38. The molecule has 1 aromatic heterocycles. The van der Waals surface area contributed by atoms with Gasteiger partial charge in [-0.2, -0.15) is 0 Å². The fraction of sp³-hybridized carbons (Fsp3) is 0.455. The minimum Gasteiger partial charge on any atom is -0.481 e. The maximum Gasteiger partial charge on any atom is 0.303 e. The Morgan fingerprint density at radius 3 is 2.44 bits per heavy atom. The van der Waals surface area contributed by atoms with Gasteiger partial charge in [-0.1, -0.05) is 0 Å². The SMILES string of the molecule is Cc1cc(C)nc(NC(=O)C(N)CCC(=O)O)n1. The number of rotatable bonds is 5. The number of carbonyl (C=O) groups is 2. The van der Waals surface area contributed by atoms with Gasteiger partial charge in [0.2, 0.25) is 11.9 Å². The lowest BCUT2D eigenvalue weighted by Gasteiger charge is -2.10. The fourth-order valence-electron chi connectivity index (χ4n) is 1.39. The predicted octanol–water partition coefficient (Wildman–Crippen LogP) is 0.224. The standard InChI is InChI=1S/C11H16N4O3/c1-6-5-7(2)14-11(13-6)15-10(18)8(12)3-4-9(16)17/h5,8H,3-4,12H2,1-2H3,(H,16,17)(H,13,14,15,18). The zero-order valence-electron chi connectivity index (χ0n) is 10.3. The molecule has 0 fully saturated rings. The van der Waals surface area contributed by atoms with E-state index in [1.165, 1.54) is 0 Å². The highest BCUT2D eigenvalue weighted by Gasteiger charge is 2.16. The zero-order valence-corrected chi connectivity index (χ0v) is 10.3. The van der Waals surface area contributed by atoms with Crippen molar-refractivity contribution in [2.24, 2.45) is 5.73 Å². The van der Waals surface area contributed by atoms with Crippen molar-refractivity contribution in [3.63, 3.8) is 0 Å². The third-order valence-electron chi connectivity index (χ3n) is 2.22. The molecule has 1 amide bonds. The molecular formula is C11H16N4O3. The van der Waals surface area contributed by atoms with E-state index in [9.17, 15) is 9.59 Å². The summed E-state index contributed by atoms with van der Waals surface area (Å²) >= 11 is 0. The molecule has 0 saturated heterocycles. The van der Waals surface area contributed by atoms with Crippen LogP contribution in [0.2, 0.25) is 0 Å². The molecule has 98 valence electrons. The fourth-order valence-corrected chi connectivity index (χ4v) is 1.39. The lowest BCUT2D eigenvalue weighted by molar-refractivity contribution is -0.137. The first-order valence-electron chi connectivity index (χ1n) is 5.49. The summed E-state index contributed by atoms with van der Waals surface area (Å²) in [6.45, 7) is 3.57. The van der Waals surface area contributed by atoms with Crippen LogP contribution in [-0.4, -0.2) is 33.0 Å². The van der Waals surface area contributed by atoms with Crippen molar-refractivity contribution < 1.29 is 14.7 Å². The van der Waals surface area contributed by atoms with Gasteiger partial charge in [-0.25, -0.2) is 9.97 Å². The Morgan fingerprint density at radius 1 is 1.39 bits per heavy atom. The highest BCUT2D eigenvalue weighted by Crippen LogP contribution is 2.05. The molecule has 1 atom stereocenters. The van der Waals surface area contributed by atoms with Crippen molar-refractivity contribution in [3.8, 4) is 0 Å². The highest BCUT2D eigenvalue weighted by atomic mass is 16.4. The van der Waals surface area contributed by atoms with E-state index < -0.39 is 17.9 Å². The molecule has 7 heteroatoms. The number of nitrogens with zero attached hydrogens (tertiary/aromatic N) is 2. The van der Waals surface area contributed by atoms with Crippen molar-refractivity contribution >= 4 is 17.8 Å². The monoisotopic (exact) mass is 252 g/mol. The quantitative estimate of drug-likeness (QED) is 0.690. The molecule has 0 radical (unpaired) electrons. The maximum atomic E-state index is 11.6. The molecule has 0 aliphatic rings. The number of aryl methyl sites for hydroxylation is 2. The van der Waals surface area contributed by atoms with Crippen LogP contribution in [0.3, 0.4) is 0 Å². The number of amides is 1. The molecular weight excluding hydrogens is 236 g/mol. The Bertz CT molecular complexity index is 441. The van der Waals surface area contributed by atoms with Gasteiger partial charge in [0, 0.05) is 17.8 Å². The molecule has 0 bridgehead atoms. The van der Waals surface area contributed by atoms with Crippen LogP contribution in [0.4, 0.5) is 5.95 Å². The molecule has 18 heavy (non-hydrogen) atoms. The van der Waals surface area contributed by atoms with Crippen LogP contribution in [-0.2, 0) is 9.59 Å². The number of carboxylic acids is 1. The van der Waals surface area contributed by atoms with Crippen molar-refractivity contribution in [1.82, 2.24) is 9.97 Å². The lowest BCUT2D eigenvalue weighted by Crippen LogP contribution is -2.36. The Kier molecular flexibility index (Phi) is 4.73. The second-order valence-corrected chi connectivity index (χ2v) is 4.00. The van der Waals surface area contributed by atoms with Gasteiger partial charge in [0.15, 0.2) is 0 Å². The molecule has 0 saturated carbocycles. The summed E-state index contributed by atoms with van der Waals surface area (Å²) in [7, 11) is 0. The first-order valence-corrected chi connectivity index (χ1v) is 5.49. The van der Waals surface area contributed by atoms with Gasteiger partial charge >= 0.3 is 5.97 Å². The van der Waals surface area contributed by atoms with E-state index in [1.807, 2.05) is 0 Å². The number of anilines is 1. The largest absolute Gasteiger partial charge is 0.481 e. The summed E-state index contributed by atoms with van der Waals surface area (Å²) in [5.74, 6) is -1.29. The Labute approximate surface area is 104 Å². The molecule has 0 aromatic carbocycles. The van der Waals surface area contributed by atoms with E-state index in [0.29, 0.717) is 0 Å². The summed E-state index contributed by atoms with van der Waals surface area (Å²) < 4.78 is 0. The summed E-state index contributed by atoms with van der Waals surface area (Å²) in [5, 5.41) is 11.0. The Morgan fingerprint density at radius 2 is 1.94 bits per heavy atom. The van der Waals surface area contributed by atoms with E-state index in [0.717, 1.165) is 11.4 Å². The molecule has 7 nitrogen and oxygen atoms in total. The average molecular weight is 252 g/mol. The van der Waals surface area contributed by atoms with Gasteiger partial charge in [-0.3, -0.25) is 14.9 Å². The highest BCUT2D eigenvalue weighted by molar-refractivity contribution is 5.93. The second kappa shape index (κ2) is 6.06. The number of nitrogens with two attached hydrogens (primary N) is 1. The van der Waals surface area contributed by atoms with Crippen LogP contribution < -0.4 is 11.1 Å². The van der Waals surface area contributed by atoms with E-state index in [1.54, 1.807) is 19.9 Å². The van der Waals surface area contributed by atoms with Crippen LogP contribution >= 0.6 is 0 Å². The van der Waals surface area contributed by atoms with E-state index in [-0.39, 0.29) is 18.8 Å². The number of nitrogens with one attached hydrogen (secondary N) is 1. The number of aromatic nitrogens is 2. The number of carbonyl (C=O) groups excluding carboxylic acids is 1. The molecule has 1 aromatic rings. The van der Waals surface area contributed by atoms with Crippen LogP contribution in [0.1, 0.15) is 24.2 Å². The van der Waals surface area contributed by atoms with Crippen LogP contribution in [0, 0.1) is 13.8 Å². The number of hydrogen-bond donors (Lipinski definition) is 3. The van der Waals surface area contributed by atoms with Crippen LogP contribution in [0.25, 0.3) is 0 Å². The zero-order chi connectivity index (χ0) is 13.7. The van der Waals surface area contributed by atoms with Gasteiger partial charge in [-0.05, 0) is 26.3 Å². The summed E-state index contributed by atoms with van der Waals surface area (Å²) in [6.07, 6.45) is -0.0751.